The minimum absolute atomic E-state index is 0.0605. The summed E-state index contributed by atoms with van der Waals surface area (Å²) in [5.41, 5.74) is 0. The van der Waals surface area contributed by atoms with Crippen molar-refractivity contribution < 1.29 is 28.6 Å². The molecule has 0 aromatic heterocycles. The highest BCUT2D eigenvalue weighted by molar-refractivity contribution is 5.71. The molecule has 0 spiro atoms. The fourth-order valence-corrected chi connectivity index (χ4v) is 12.3. The minimum Gasteiger partial charge on any atom is -0.462 e. The second kappa shape index (κ2) is 72.9. The Balaban J connectivity index is 4.01. The van der Waals surface area contributed by atoms with Crippen molar-refractivity contribution in [3.63, 3.8) is 0 Å². The maximum absolute atomic E-state index is 12.9. The molecule has 0 saturated carbocycles. The second-order valence-corrected chi connectivity index (χ2v) is 26.6. The summed E-state index contributed by atoms with van der Waals surface area (Å²) in [6, 6.07) is 0. The van der Waals surface area contributed by atoms with Crippen LogP contribution in [0.2, 0.25) is 0 Å². The van der Waals surface area contributed by atoms with Crippen molar-refractivity contribution in [3.8, 4) is 0 Å². The van der Waals surface area contributed by atoms with Gasteiger partial charge in [-0.15, -0.1) is 0 Å². The lowest BCUT2D eigenvalue weighted by molar-refractivity contribution is -0.167. The molecule has 0 saturated heterocycles. The third-order valence-electron chi connectivity index (χ3n) is 18.1. The van der Waals surface area contributed by atoms with Gasteiger partial charge in [0.2, 0.25) is 0 Å². The van der Waals surface area contributed by atoms with Crippen LogP contribution in [0.3, 0.4) is 0 Å². The molecule has 83 heavy (non-hydrogen) atoms. The lowest BCUT2D eigenvalue weighted by atomic mass is 10.0. The summed E-state index contributed by atoms with van der Waals surface area (Å²) in [6.45, 7) is 6.73. The van der Waals surface area contributed by atoms with Crippen molar-refractivity contribution >= 4 is 17.9 Å². The molecule has 0 radical (unpaired) electrons. The minimum atomic E-state index is -0.763. The van der Waals surface area contributed by atoms with Crippen molar-refractivity contribution in [2.75, 3.05) is 13.2 Å². The van der Waals surface area contributed by atoms with Crippen LogP contribution in [0, 0.1) is 0 Å². The summed E-state index contributed by atoms with van der Waals surface area (Å²) in [7, 11) is 0. The molecule has 1 unspecified atom stereocenters. The van der Waals surface area contributed by atoms with Gasteiger partial charge in [-0.2, -0.15) is 0 Å². The van der Waals surface area contributed by atoms with Crippen LogP contribution < -0.4 is 0 Å². The van der Waals surface area contributed by atoms with Crippen molar-refractivity contribution in [2.45, 2.75) is 463 Å². The molecule has 0 aromatic rings. The fraction of sp³-hybridized carbons (Fsp3) is 0.961. The van der Waals surface area contributed by atoms with Crippen molar-refractivity contribution in [1.82, 2.24) is 0 Å². The van der Waals surface area contributed by atoms with Crippen molar-refractivity contribution in [1.29, 1.82) is 0 Å². The molecule has 494 valence electrons. The van der Waals surface area contributed by atoms with Crippen LogP contribution in [0.5, 0.6) is 0 Å². The molecular formula is C77H150O6. The molecule has 0 aliphatic carbocycles. The summed E-state index contributed by atoms with van der Waals surface area (Å²) >= 11 is 0. The SMILES string of the molecule is CCCCCCCCCCCCCCCCCCCCCCCCCCCCCCCCC(=O)OCC(COC(=O)CCCCCCCCCCC)OC(=O)CCCCCCCCCCCCCCCCCCCCCCCCCCCC. The van der Waals surface area contributed by atoms with E-state index in [1.54, 1.807) is 0 Å². The quantitative estimate of drug-likeness (QED) is 0.0343. The number of carbonyl (C=O) groups excluding carboxylic acids is 3. The summed E-state index contributed by atoms with van der Waals surface area (Å²) < 4.78 is 17.0. The van der Waals surface area contributed by atoms with Gasteiger partial charge in [0.05, 0.1) is 0 Å². The predicted octanol–water partition coefficient (Wildman–Crippen LogP) is 26.6. The molecule has 0 heterocycles. The number of hydrogen-bond acceptors (Lipinski definition) is 6. The Kier molecular flexibility index (Phi) is 71.5. The molecule has 1 atom stereocenters. The molecule has 0 amide bonds. The Morgan fingerprint density at radius 2 is 0.325 bits per heavy atom. The molecular weight excluding hydrogens is 1020 g/mol. The van der Waals surface area contributed by atoms with Gasteiger partial charge in [-0.25, -0.2) is 0 Å². The van der Waals surface area contributed by atoms with Crippen LogP contribution in [-0.4, -0.2) is 37.2 Å². The van der Waals surface area contributed by atoms with Gasteiger partial charge in [-0.05, 0) is 19.3 Å². The van der Waals surface area contributed by atoms with Gasteiger partial charge >= 0.3 is 17.9 Å². The molecule has 0 aliphatic rings. The normalized spacial score (nSPS) is 11.9. The van der Waals surface area contributed by atoms with E-state index < -0.39 is 6.10 Å². The van der Waals surface area contributed by atoms with Gasteiger partial charge in [-0.3, -0.25) is 14.4 Å². The third kappa shape index (κ3) is 71.1. The molecule has 0 N–H and O–H groups in total. The first-order valence-electron chi connectivity index (χ1n) is 38.5. The van der Waals surface area contributed by atoms with E-state index in [4.69, 9.17) is 14.2 Å². The number of carbonyl (C=O) groups is 3. The summed E-state index contributed by atoms with van der Waals surface area (Å²) in [5, 5.41) is 0. The number of hydrogen-bond donors (Lipinski definition) is 0. The van der Waals surface area contributed by atoms with Gasteiger partial charge in [-0.1, -0.05) is 419 Å². The lowest BCUT2D eigenvalue weighted by Gasteiger charge is -2.18. The zero-order valence-electron chi connectivity index (χ0n) is 57.0. The number of ether oxygens (including phenoxy) is 3. The second-order valence-electron chi connectivity index (χ2n) is 26.6. The zero-order chi connectivity index (χ0) is 59.9. The maximum Gasteiger partial charge on any atom is 0.306 e. The standard InChI is InChI=1S/C77H150O6/c1-4-7-10-13-16-19-21-23-25-27-29-31-33-35-37-38-39-40-42-43-45-47-49-51-53-55-58-61-64-67-70-76(79)82-73-74(72-81-75(78)69-66-63-60-57-18-15-12-9-6-3)83-77(80)71-68-65-62-59-56-54-52-50-48-46-44-41-36-34-32-30-28-26-24-22-20-17-14-11-8-5-2/h74H,4-73H2,1-3H3. The maximum atomic E-state index is 12.9. The third-order valence-corrected chi connectivity index (χ3v) is 18.1. The summed E-state index contributed by atoms with van der Waals surface area (Å²) in [6.07, 6.45) is 87.6. The van der Waals surface area contributed by atoms with E-state index in [-0.39, 0.29) is 31.1 Å². The monoisotopic (exact) mass is 1170 g/mol. The average molecular weight is 1170 g/mol. The molecule has 6 heteroatoms. The van der Waals surface area contributed by atoms with Crippen LogP contribution in [0.15, 0.2) is 0 Å². The van der Waals surface area contributed by atoms with Gasteiger partial charge in [0.15, 0.2) is 6.10 Å². The highest BCUT2D eigenvalue weighted by Crippen LogP contribution is 2.20. The van der Waals surface area contributed by atoms with Crippen LogP contribution >= 0.6 is 0 Å². The molecule has 0 fully saturated rings. The number of unbranched alkanes of at least 4 members (excludes halogenated alkanes) is 62. The van der Waals surface area contributed by atoms with E-state index in [1.165, 1.54) is 360 Å². The van der Waals surface area contributed by atoms with Crippen LogP contribution in [0.1, 0.15) is 457 Å². The molecule has 6 nitrogen and oxygen atoms in total. The van der Waals surface area contributed by atoms with E-state index in [0.29, 0.717) is 19.3 Å². The summed E-state index contributed by atoms with van der Waals surface area (Å²) in [5.74, 6) is -0.823. The first-order chi connectivity index (χ1) is 41.0. The van der Waals surface area contributed by atoms with Gasteiger partial charge in [0.25, 0.3) is 0 Å². The van der Waals surface area contributed by atoms with Crippen molar-refractivity contribution in [3.05, 3.63) is 0 Å². The average Bonchev–Trinajstić information content (AvgIpc) is 3.48. The molecule has 0 bridgehead atoms. The summed E-state index contributed by atoms with van der Waals surface area (Å²) in [4.78, 5) is 38.4. The predicted molar refractivity (Wildman–Crippen MR) is 363 cm³/mol. The highest BCUT2D eigenvalue weighted by atomic mass is 16.6. The number of esters is 3. The van der Waals surface area contributed by atoms with Gasteiger partial charge in [0.1, 0.15) is 13.2 Å². The lowest BCUT2D eigenvalue weighted by Crippen LogP contribution is -2.30. The van der Waals surface area contributed by atoms with Crippen LogP contribution in [-0.2, 0) is 28.6 Å². The fourth-order valence-electron chi connectivity index (χ4n) is 12.3. The van der Waals surface area contributed by atoms with Gasteiger partial charge in [0, 0.05) is 19.3 Å². The zero-order valence-corrected chi connectivity index (χ0v) is 57.0. The Labute approximate surface area is 520 Å². The van der Waals surface area contributed by atoms with E-state index >= 15 is 0 Å². The highest BCUT2D eigenvalue weighted by Gasteiger charge is 2.20. The Hall–Kier alpha value is -1.59. The van der Waals surface area contributed by atoms with E-state index in [9.17, 15) is 14.4 Å². The number of rotatable bonds is 73. The largest absolute Gasteiger partial charge is 0.462 e. The van der Waals surface area contributed by atoms with Crippen molar-refractivity contribution in [2.24, 2.45) is 0 Å². The van der Waals surface area contributed by atoms with Gasteiger partial charge < -0.3 is 14.2 Å². The Bertz CT molecular complexity index is 1250. The van der Waals surface area contributed by atoms with E-state index in [1.807, 2.05) is 0 Å². The first-order valence-corrected chi connectivity index (χ1v) is 38.5. The Morgan fingerprint density at radius 3 is 0.482 bits per heavy atom. The molecule has 0 rings (SSSR count). The molecule has 0 aliphatic heterocycles. The topological polar surface area (TPSA) is 78.9 Å². The smallest absolute Gasteiger partial charge is 0.306 e. The Morgan fingerprint density at radius 1 is 0.193 bits per heavy atom. The van der Waals surface area contributed by atoms with Crippen LogP contribution in [0.4, 0.5) is 0 Å². The van der Waals surface area contributed by atoms with Crippen LogP contribution in [0.25, 0.3) is 0 Å². The molecule has 0 aromatic carbocycles. The first kappa shape index (κ1) is 81.4. The van der Waals surface area contributed by atoms with E-state index in [2.05, 4.69) is 20.8 Å². The van der Waals surface area contributed by atoms with E-state index in [0.717, 1.165) is 57.8 Å².